The lowest BCUT2D eigenvalue weighted by atomic mass is 10.2. The molecule has 2 heterocycles. The van der Waals surface area contributed by atoms with Crippen LogP contribution in [0.25, 0.3) is 10.2 Å². The van der Waals surface area contributed by atoms with Crippen molar-refractivity contribution in [2.45, 2.75) is 19.4 Å². The lowest BCUT2D eigenvalue weighted by Crippen LogP contribution is -2.24. The summed E-state index contributed by atoms with van der Waals surface area (Å²) in [5.74, 6) is 0.898. The number of fused-ring (bicyclic) bond motifs is 1. The van der Waals surface area contributed by atoms with Crippen molar-refractivity contribution >= 4 is 27.4 Å². The summed E-state index contributed by atoms with van der Waals surface area (Å²) in [4.78, 5) is 9.51. The highest BCUT2D eigenvalue weighted by Gasteiger charge is 2.09. The Morgan fingerprint density at radius 3 is 3.12 bits per heavy atom. The van der Waals surface area contributed by atoms with Crippen molar-refractivity contribution in [2.24, 2.45) is 0 Å². The average molecular weight is 237 g/mol. The molecule has 0 radical (unpaired) electrons. The van der Waals surface area contributed by atoms with Gasteiger partial charge in [0, 0.05) is 7.11 Å². The quantitative estimate of drug-likeness (QED) is 0.868. The van der Waals surface area contributed by atoms with Gasteiger partial charge in [-0.2, -0.15) is 0 Å². The first-order valence-corrected chi connectivity index (χ1v) is 6.16. The molecule has 2 aromatic rings. The Morgan fingerprint density at radius 2 is 2.38 bits per heavy atom. The zero-order valence-electron chi connectivity index (χ0n) is 9.43. The van der Waals surface area contributed by atoms with Gasteiger partial charge >= 0.3 is 0 Å². The van der Waals surface area contributed by atoms with Crippen LogP contribution in [-0.4, -0.2) is 29.7 Å². The van der Waals surface area contributed by atoms with E-state index >= 15 is 0 Å². The number of ether oxygens (including phenoxy) is 1. The molecule has 1 atom stereocenters. The summed E-state index contributed by atoms with van der Waals surface area (Å²) in [6.45, 7) is 2.81. The molecule has 0 fully saturated rings. The lowest BCUT2D eigenvalue weighted by Gasteiger charge is -2.16. The van der Waals surface area contributed by atoms with Gasteiger partial charge in [-0.15, -0.1) is 11.3 Å². The Kier molecular flexibility index (Phi) is 3.69. The number of nitrogens with one attached hydrogen (secondary N) is 1. The molecule has 2 aromatic heterocycles. The van der Waals surface area contributed by atoms with E-state index in [2.05, 4.69) is 22.2 Å². The summed E-state index contributed by atoms with van der Waals surface area (Å²) in [6.07, 6.45) is 2.60. The average Bonchev–Trinajstić information content (AvgIpc) is 2.77. The van der Waals surface area contributed by atoms with Gasteiger partial charge in [0.05, 0.1) is 18.0 Å². The number of methoxy groups -OCH3 is 1. The minimum absolute atomic E-state index is 0.294. The van der Waals surface area contributed by atoms with Gasteiger partial charge < -0.3 is 10.1 Å². The molecule has 1 unspecified atom stereocenters. The Labute approximate surface area is 98.7 Å². The molecule has 0 saturated carbocycles. The topological polar surface area (TPSA) is 47.0 Å². The molecule has 0 spiro atoms. The fraction of sp³-hybridized carbons (Fsp3) is 0.455. The Morgan fingerprint density at radius 1 is 1.50 bits per heavy atom. The van der Waals surface area contributed by atoms with Crippen LogP contribution in [0.15, 0.2) is 17.8 Å². The molecule has 0 amide bonds. The molecular formula is C11H15N3OS. The first-order chi connectivity index (χ1) is 7.85. The summed E-state index contributed by atoms with van der Waals surface area (Å²) in [7, 11) is 1.71. The SMILES string of the molecule is CCC(COC)Nc1ncnc2sccc12. The molecule has 0 saturated heterocycles. The van der Waals surface area contributed by atoms with Crippen LogP contribution in [0.5, 0.6) is 0 Å². The summed E-state index contributed by atoms with van der Waals surface area (Å²) in [5, 5.41) is 6.50. The van der Waals surface area contributed by atoms with Crippen LogP contribution in [-0.2, 0) is 4.74 Å². The highest BCUT2D eigenvalue weighted by molar-refractivity contribution is 7.16. The number of thiophene rings is 1. The Balaban J connectivity index is 2.22. The minimum Gasteiger partial charge on any atom is -0.383 e. The van der Waals surface area contributed by atoms with Crippen molar-refractivity contribution in [3.63, 3.8) is 0 Å². The zero-order valence-corrected chi connectivity index (χ0v) is 10.3. The minimum atomic E-state index is 0.294. The molecule has 5 heteroatoms. The van der Waals surface area contributed by atoms with Crippen molar-refractivity contribution in [3.8, 4) is 0 Å². The van der Waals surface area contributed by atoms with Crippen molar-refractivity contribution < 1.29 is 4.74 Å². The Hall–Kier alpha value is -1.20. The number of nitrogens with zero attached hydrogens (tertiary/aromatic N) is 2. The van der Waals surface area contributed by atoms with Gasteiger partial charge in [0.25, 0.3) is 0 Å². The van der Waals surface area contributed by atoms with E-state index in [1.54, 1.807) is 24.8 Å². The maximum atomic E-state index is 5.16. The maximum absolute atomic E-state index is 5.16. The van der Waals surface area contributed by atoms with E-state index in [0.29, 0.717) is 12.6 Å². The van der Waals surface area contributed by atoms with Gasteiger partial charge in [0.1, 0.15) is 17.0 Å². The van der Waals surface area contributed by atoms with Crippen molar-refractivity contribution in [3.05, 3.63) is 17.8 Å². The molecule has 0 aliphatic rings. The standard InChI is InChI=1S/C11H15N3OS/c1-3-8(6-15-2)14-10-9-4-5-16-11(9)13-7-12-10/h4-5,7-8H,3,6H2,1-2H3,(H,12,13,14). The van der Waals surface area contributed by atoms with E-state index in [1.807, 2.05) is 11.4 Å². The molecule has 0 bridgehead atoms. The van der Waals surface area contributed by atoms with Crippen LogP contribution in [0.2, 0.25) is 0 Å². The second kappa shape index (κ2) is 5.23. The van der Waals surface area contributed by atoms with Crippen molar-refractivity contribution in [1.29, 1.82) is 0 Å². The van der Waals surface area contributed by atoms with E-state index in [9.17, 15) is 0 Å². The first-order valence-electron chi connectivity index (χ1n) is 5.28. The van der Waals surface area contributed by atoms with Gasteiger partial charge in [-0.05, 0) is 17.9 Å². The smallest absolute Gasteiger partial charge is 0.138 e. The van der Waals surface area contributed by atoms with E-state index in [-0.39, 0.29) is 0 Å². The molecule has 0 aliphatic heterocycles. The van der Waals surface area contributed by atoms with Crippen LogP contribution in [0.3, 0.4) is 0 Å². The van der Waals surface area contributed by atoms with E-state index in [4.69, 9.17) is 4.74 Å². The number of anilines is 1. The monoisotopic (exact) mass is 237 g/mol. The van der Waals surface area contributed by atoms with E-state index in [1.165, 1.54) is 0 Å². The molecular weight excluding hydrogens is 222 g/mol. The third-order valence-electron chi connectivity index (χ3n) is 2.46. The largest absolute Gasteiger partial charge is 0.383 e. The molecule has 0 aliphatic carbocycles. The normalized spacial score (nSPS) is 12.9. The maximum Gasteiger partial charge on any atom is 0.138 e. The summed E-state index contributed by atoms with van der Waals surface area (Å²) in [5.41, 5.74) is 0. The van der Waals surface area contributed by atoms with Crippen LogP contribution in [0.4, 0.5) is 5.82 Å². The summed E-state index contributed by atoms with van der Waals surface area (Å²) in [6, 6.07) is 2.34. The van der Waals surface area contributed by atoms with Gasteiger partial charge in [0.2, 0.25) is 0 Å². The molecule has 2 rings (SSSR count). The molecule has 1 N–H and O–H groups in total. The summed E-state index contributed by atoms with van der Waals surface area (Å²) < 4.78 is 5.16. The van der Waals surface area contributed by atoms with Gasteiger partial charge in [-0.1, -0.05) is 6.92 Å². The van der Waals surface area contributed by atoms with Gasteiger partial charge in [0.15, 0.2) is 0 Å². The van der Waals surface area contributed by atoms with Gasteiger partial charge in [-0.3, -0.25) is 0 Å². The second-order valence-electron chi connectivity index (χ2n) is 3.57. The third kappa shape index (κ3) is 2.31. The van der Waals surface area contributed by atoms with Crippen LogP contribution >= 0.6 is 11.3 Å². The molecule has 4 nitrogen and oxygen atoms in total. The highest BCUT2D eigenvalue weighted by atomic mass is 32.1. The molecule has 16 heavy (non-hydrogen) atoms. The number of hydrogen-bond acceptors (Lipinski definition) is 5. The van der Waals surface area contributed by atoms with Crippen LogP contribution < -0.4 is 5.32 Å². The van der Waals surface area contributed by atoms with Gasteiger partial charge in [-0.25, -0.2) is 9.97 Å². The lowest BCUT2D eigenvalue weighted by molar-refractivity contribution is 0.184. The zero-order chi connectivity index (χ0) is 11.4. The third-order valence-corrected chi connectivity index (χ3v) is 3.28. The summed E-state index contributed by atoms with van der Waals surface area (Å²) >= 11 is 1.63. The Bertz CT molecular complexity index is 457. The predicted molar refractivity (Wildman–Crippen MR) is 67.0 cm³/mol. The molecule has 0 aromatic carbocycles. The number of hydrogen-bond donors (Lipinski definition) is 1. The van der Waals surface area contributed by atoms with Crippen LogP contribution in [0.1, 0.15) is 13.3 Å². The highest BCUT2D eigenvalue weighted by Crippen LogP contribution is 2.24. The fourth-order valence-corrected chi connectivity index (χ4v) is 2.29. The van der Waals surface area contributed by atoms with E-state index in [0.717, 1.165) is 22.5 Å². The van der Waals surface area contributed by atoms with Crippen molar-refractivity contribution in [1.82, 2.24) is 9.97 Å². The number of rotatable bonds is 5. The second-order valence-corrected chi connectivity index (χ2v) is 4.46. The number of aromatic nitrogens is 2. The predicted octanol–water partition coefficient (Wildman–Crippen LogP) is 2.53. The van der Waals surface area contributed by atoms with Crippen LogP contribution in [0, 0.1) is 0 Å². The van der Waals surface area contributed by atoms with Crippen molar-refractivity contribution in [2.75, 3.05) is 19.0 Å². The fourth-order valence-electron chi connectivity index (χ4n) is 1.56. The van der Waals surface area contributed by atoms with E-state index < -0.39 is 0 Å². The first kappa shape index (κ1) is 11.3. The molecule has 86 valence electrons.